The molecule has 5 aromatic rings. The highest BCUT2D eigenvalue weighted by Gasteiger charge is 2.24. The number of carbonyl (C=O) groups is 2. The Morgan fingerprint density at radius 3 is 2.40 bits per heavy atom. The van der Waals surface area contributed by atoms with Crippen molar-refractivity contribution in [2.75, 3.05) is 11.4 Å². The molecule has 3 aromatic carbocycles. The van der Waals surface area contributed by atoms with Crippen LogP contribution in [-0.4, -0.2) is 33.0 Å². The van der Waals surface area contributed by atoms with Crippen molar-refractivity contribution in [2.45, 2.75) is 47.0 Å². The molecule has 0 spiro atoms. The first-order valence-electron chi connectivity index (χ1n) is 15.5. The van der Waals surface area contributed by atoms with Crippen molar-refractivity contribution in [1.29, 1.82) is 0 Å². The third-order valence-electron chi connectivity index (χ3n) is 7.81. The Kier molecular flexibility index (Phi) is 9.90. The number of hydrogen-bond donors (Lipinski definition) is 2. The molecule has 0 aliphatic rings. The van der Waals surface area contributed by atoms with Gasteiger partial charge in [-0.1, -0.05) is 48.4 Å². The first-order chi connectivity index (χ1) is 22.9. The molecule has 2 heterocycles. The van der Waals surface area contributed by atoms with Crippen molar-refractivity contribution in [3.8, 4) is 12.3 Å². The maximum absolute atomic E-state index is 13.5. The average molecular weight is 644 g/mol. The van der Waals surface area contributed by atoms with Crippen molar-refractivity contribution in [1.82, 2.24) is 19.9 Å². The van der Waals surface area contributed by atoms with Gasteiger partial charge in [0.25, 0.3) is 11.5 Å². The van der Waals surface area contributed by atoms with Crippen molar-refractivity contribution in [3.05, 3.63) is 140 Å². The van der Waals surface area contributed by atoms with Crippen molar-refractivity contribution < 1.29 is 14.3 Å². The molecule has 1 unspecified atom stereocenters. The van der Waals surface area contributed by atoms with Crippen LogP contribution in [0.25, 0.3) is 10.9 Å². The van der Waals surface area contributed by atoms with E-state index in [4.69, 9.17) is 11.2 Å². The molecule has 0 aliphatic heterocycles. The van der Waals surface area contributed by atoms with Crippen molar-refractivity contribution in [2.24, 2.45) is 5.41 Å². The first-order valence-corrected chi connectivity index (χ1v) is 15.5. The minimum absolute atomic E-state index is 0.230. The summed E-state index contributed by atoms with van der Waals surface area (Å²) in [7, 11) is 0. The van der Waals surface area contributed by atoms with Gasteiger partial charge in [-0.05, 0) is 81.3 Å². The lowest BCUT2D eigenvalue weighted by Gasteiger charge is -2.23. The number of amides is 1. The molecule has 5 rings (SSSR count). The SMILES string of the molecule is C#CCN(Cc1ccc2nc(C)n(COC(=O)C(C)(C)C)c(=O)c2c1)c1ccc(C(=O)NC(c2ccccc2)c2cccc(=O)[nH]2)cc1. The van der Waals surface area contributed by atoms with Gasteiger partial charge in [-0.3, -0.25) is 23.7 Å². The zero-order valence-electron chi connectivity index (χ0n) is 27.3. The summed E-state index contributed by atoms with van der Waals surface area (Å²) in [5.74, 6) is 2.39. The Bertz CT molecular complexity index is 2110. The van der Waals surface area contributed by atoms with Gasteiger partial charge in [0.05, 0.1) is 28.9 Å². The van der Waals surface area contributed by atoms with Gasteiger partial charge in [0.2, 0.25) is 5.56 Å². The Morgan fingerprint density at radius 1 is 1.00 bits per heavy atom. The van der Waals surface area contributed by atoms with Gasteiger partial charge < -0.3 is 19.9 Å². The fourth-order valence-corrected chi connectivity index (χ4v) is 5.20. The predicted octanol–water partition coefficient (Wildman–Crippen LogP) is 5.10. The molecule has 48 heavy (non-hydrogen) atoms. The molecule has 0 bridgehead atoms. The standard InChI is InChI=1S/C38H37N5O5/c1-6-21-42(23-26-15-20-31-30(22-26)36(46)43(25(2)39-31)24-48-37(47)38(3,4)5)29-18-16-28(17-19-29)35(45)41-34(27-11-8-7-9-12-27)32-13-10-14-33(44)40-32/h1,7-20,22,34H,21,23-24H2,2-5H3,(H,40,44)(H,41,45). The number of pyridine rings is 1. The van der Waals surface area contributed by atoms with Crippen LogP contribution in [0, 0.1) is 24.7 Å². The third-order valence-corrected chi connectivity index (χ3v) is 7.81. The summed E-state index contributed by atoms with van der Waals surface area (Å²) < 4.78 is 6.74. The normalized spacial score (nSPS) is 11.8. The molecule has 0 saturated carbocycles. The molecule has 0 aliphatic carbocycles. The van der Waals surface area contributed by atoms with Crippen molar-refractivity contribution >= 4 is 28.5 Å². The van der Waals surface area contributed by atoms with Gasteiger partial charge in [0.1, 0.15) is 5.82 Å². The number of H-pyrrole nitrogens is 1. The summed E-state index contributed by atoms with van der Waals surface area (Å²) >= 11 is 0. The Hall–Kier alpha value is -5.95. The summed E-state index contributed by atoms with van der Waals surface area (Å²) in [6.07, 6.45) is 5.73. The number of nitrogens with zero attached hydrogens (tertiary/aromatic N) is 3. The molecule has 0 fully saturated rings. The third kappa shape index (κ3) is 7.70. The molecule has 1 amide bonds. The molecular weight excluding hydrogens is 606 g/mol. The summed E-state index contributed by atoms with van der Waals surface area (Å²) in [5, 5.41) is 3.43. The van der Waals surface area contributed by atoms with Crippen LogP contribution >= 0.6 is 0 Å². The van der Waals surface area contributed by atoms with E-state index in [2.05, 4.69) is 21.2 Å². The van der Waals surface area contributed by atoms with Crippen LogP contribution in [0.15, 0.2) is 101 Å². The number of carbonyl (C=O) groups excluding carboxylic acids is 2. The number of hydrogen-bond acceptors (Lipinski definition) is 7. The zero-order valence-corrected chi connectivity index (χ0v) is 27.3. The lowest BCUT2D eigenvalue weighted by molar-refractivity contribution is -0.157. The van der Waals surface area contributed by atoms with Gasteiger partial charge in [-0.2, -0.15) is 0 Å². The van der Waals surface area contributed by atoms with E-state index in [-0.39, 0.29) is 30.3 Å². The number of esters is 1. The predicted molar refractivity (Wildman–Crippen MR) is 185 cm³/mol. The van der Waals surface area contributed by atoms with E-state index >= 15 is 0 Å². The van der Waals surface area contributed by atoms with E-state index in [0.717, 1.165) is 16.8 Å². The highest BCUT2D eigenvalue weighted by molar-refractivity contribution is 5.95. The summed E-state index contributed by atoms with van der Waals surface area (Å²) in [4.78, 5) is 60.5. The van der Waals surface area contributed by atoms with Gasteiger partial charge in [0.15, 0.2) is 6.73 Å². The fraction of sp³-hybridized carbons (Fsp3) is 0.237. The second-order valence-electron chi connectivity index (χ2n) is 12.4. The number of terminal acetylenes is 1. The van der Waals surface area contributed by atoms with Crippen LogP contribution in [0.1, 0.15) is 59.8 Å². The molecule has 244 valence electrons. The van der Waals surface area contributed by atoms with Crippen LogP contribution in [0.5, 0.6) is 0 Å². The summed E-state index contributed by atoms with van der Waals surface area (Å²) in [6.45, 7) is 7.37. The van der Waals surface area contributed by atoms with E-state index in [1.165, 1.54) is 10.6 Å². The number of aromatic nitrogens is 3. The molecule has 1 atom stereocenters. The number of aryl methyl sites for hydroxylation is 1. The molecule has 0 saturated heterocycles. The maximum Gasteiger partial charge on any atom is 0.312 e. The fourth-order valence-electron chi connectivity index (χ4n) is 5.20. The van der Waals surface area contributed by atoms with E-state index in [1.54, 1.807) is 64.1 Å². The molecule has 0 radical (unpaired) electrons. The average Bonchev–Trinajstić information content (AvgIpc) is 3.07. The summed E-state index contributed by atoms with van der Waals surface area (Å²) in [5.41, 5.74) is 2.68. The number of nitrogens with one attached hydrogen (secondary N) is 2. The number of rotatable bonds is 10. The van der Waals surface area contributed by atoms with Crippen LogP contribution in [-0.2, 0) is 22.8 Å². The molecule has 2 aromatic heterocycles. The monoisotopic (exact) mass is 643 g/mol. The van der Waals surface area contributed by atoms with Gasteiger partial charge in [-0.15, -0.1) is 6.42 Å². The number of fused-ring (bicyclic) bond motifs is 1. The minimum Gasteiger partial charge on any atom is -0.443 e. The lowest BCUT2D eigenvalue weighted by atomic mass is 9.98. The second kappa shape index (κ2) is 14.2. The maximum atomic E-state index is 13.5. The second-order valence-corrected chi connectivity index (χ2v) is 12.4. The quantitative estimate of drug-likeness (QED) is 0.160. The smallest absolute Gasteiger partial charge is 0.312 e. The molecule has 10 nitrogen and oxygen atoms in total. The number of benzene rings is 3. The lowest BCUT2D eigenvalue weighted by Crippen LogP contribution is -2.31. The van der Waals surface area contributed by atoms with Gasteiger partial charge >= 0.3 is 5.97 Å². The highest BCUT2D eigenvalue weighted by atomic mass is 16.5. The highest BCUT2D eigenvalue weighted by Crippen LogP contribution is 2.23. The topological polar surface area (TPSA) is 126 Å². The van der Waals surface area contributed by atoms with Crippen LogP contribution in [0.4, 0.5) is 5.69 Å². The van der Waals surface area contributed by atoms with E-state index in [9.17, 15) is 19.2 Å². The zero-order chi connectivity index (χ0) is 34.4. The van der Waals surface area contributed by atoms with Crippen molar-refractivity contribution in [3.63, 3.8) is 0 Å². The van der Waals surface area contributed by atoms with Gasteiger partial charge in [-0.25, -0.2) is 4.98 Å². The number of anilines is 1. The summed E-state index contributed by atoms with van der Waals surface area (Å²) in [6, 6.07) is 26.2. The Balaban J connectivity index is 1.36. The van der Waals surface area contributed by atoms with E-state index in [0.29, 0.717) is 34.5 Å². The molecule has 10 heteroatoms. The minimum atomic E-state index is -0.703. The molecular formula is C38H37N5O5. The Labute approximate surface area is 278 Å². The Morgan fingerprint density at radius 2 is 1.73 bits per heavy atom. The van der Waals surface area contributed by atoms with E-state index < -0.39 is 17.4 Å². The molecule has 2 N–H and O–H groups in total. The van der Waals surface area contributed by atoms with Gasteiger partial charge in [0, 0.05) is 29.6 Å². The van der Waals surface area contributed by atoms with E-state index in [1.807, 2.05) is 53.4 Å². The van der Waals surface area contributed by atoms with Crippen LogP contribution < -0.4 is 21.3 Å². The van der Waals surface area contributed by atoms with Crippen LogP contribution in [0.3, 0.4) is 0 Å². The number of aromatic amines is 1. The van der Waals surface area contributed by atoms with Crippen LogP contribution in [0.2, 0.25) is 0 Å². The first kappa shape index (κ1) is 33.4. The largest absolute Gasteiger partial charge is 0.443 e. The number of ether oxygens (including phenoxy) is 1.